The molecule has 98 valence electrons. The molecule has 2 rings (SSSR count). The average Bonchev–Trinajstić information content (AvgIpc) is 2.36. The highest BCUT2D eigenvalue weighted by Crippen LogP contribution is 2.25. The molecule has 0 aliphatic rings. The van der Waals surface area contributed by atoms with E-state index in [4.69, 9.17) is 0 Å². The van der Waals surface area contributed by atoms with Crippen molar-refractivity contribution >= 4 is 11.6 Å². The number of carbonyl (C=O) groups excluding carboxylic acids is 1. The van der Waals surface area contributed by atoms with E-state index in [2.05, 4.69) is 15.3 Å². The molecule has 1 amide bonds. The van der Waals surface area contributed by atoms with Crippen LogP contribution in [0.4, 0.5) is 5.69 Å². The molecule has 19 heavy (non-hydrogen) atoms. The summed E-state index contributed by atoms with van der Waals surface area (Å²) in [7, 11) is 0. The summed E-state index contributed by atoms with van der Waals surface area (Å²) < 4.78 is 0. The van der Waals surface area contributed by atoms with Gasteiger partial charge in [-0.05, 0) is 44.0 Å². The van der Waals surface area contributed by atoms with Crippen LogP contribution < -0.4 is 5.32 Å². The summed E-state index contributed by atoms with van der Waals surface area (Å²) in [5, 5.41) is 12.3. The predicted octanol–water partition coefficient (Wildman–Crippen LogP) is 2.36. The summed E-state index contributed by atoms with van der Waals surface area (Å²) in [6.07, 6.45) is 2.98. The molecule has 5 heteroatoms. The van der Waals surface area contributed by atoms with Gasteiger partial charge in [-0.1, -0.05) is 0 Å². The quantitative estimate of drug-likeness (QED) is 0.810. The second-order valence-corrected chi connectivity index (χ2v) is 4.45. The molecule has 1 aromatic heterocycles. The van der Waals surface area contributed by atoms with Crippen molar-refractivity contribution in [2.75, 3.05) is 5.32 Å². The molecule has 0 saturated carbocycles. The van der Waals surface area contributed by atoms with Gasteiger partial charge < -0.3 is 10.4 Å². The van der Waals surface area contributed by atoms with E-state index >= 15 is 0 Å². The number of hydrogen-bond donors (Lipinski definition) is 2. The molecule has 2 aromatic rings. The molecule has 0 fully saturated rings. The van der Waals surface area contributed by atoms with Crippen LogP contribution in [-0.4, -0.2) is 21.0 Å². The number of phenols is 1. The number of nitrogens with one attached hydrogen (secondary N) is 1. The van der Waals surface area contributed by atoms with E-state index in [0.717, 1.165) is 11.3 Å². The number of aromatic hydroxyl groups is 1. The Bertz CT molecular complexity index is 621. The van der Waals surface area contributed by atoms with Crippen molar-refractivity contribution in [2.24, 2.45) is 0 Å². The maximum atomic E-state index is 12.0. The summed E-state index contributed by atoms with van der Waals surface area (Å²) in [5.41, 5.74) is 3.17. The zero-order valence-electron chi connectivity index (χ0n) is 11.1. The van der Waals surface area contributed by atoms with E-state index in [1.54, 1.807) is 25.3 Å². The van der Waals surface area contributed by atoms with E-state index in [1.807, 2.05) is 13.8 Å². The largest absolute Gasteiger partial charge is 0.508 e. The second kappa shape index (κ2) is 5.06. The predicted molar refractivity (Wildman–Crippen MR) is 72.3 cm³/mol. The molecular weight excluding hydrogens is 242 g/mol. The van der Waals surface area contributed by atoms with Gasteiger partial charge in [0.2, 0.25) is 0 Å². The van der Waals surface area contributed by atoms with Gasteiger partial charge in [-0.15, -0.1) is 0 Å². The fourth-order valence-electron chi connectivity index (χ4n) is 1.63. The molecule has 0 atom stereocenters. The van der Waals surface area contributed by atoms with E-state index < -0.39 is 0 Å². The van der Waals surface area contributed by atoms with Crippen LogP contribution in [0.15, 0.2) is 24.5 Å². The van der Waals surface area contributed by atoms with E-state index in [0.29, 0.717) is 11.3 Å². The van der Waals surface area contributed by atoms with Crippen molar-refractivity contribution in [1.29, 1.82) is 0 Å². The number of nitrogens with zero attached hydrogens (tertiary/aromatic N) is 2. The third-order valence-corrected chi connectivity index (χ3v) is 2.80. The van der Waals surface area contributed by atoms with Gasteiger partial charge in [-0.3, -0.25) is 9.78 Å². The minimum absolute atomic E-state index is 0.214. The Balaban J connectivity index is 2.24. The van der Waals surface area contributed by atoms with Crippen LogP contribution >= 0.6 is 0 Å². The molecule has 2 N–H and O–H groups in total. The smallest absolute Gasteiger partial charge is 0.275 e. The van der Waals surface area contributed by atoms with Gasteiger partial charge >= 0.3 is 0 Å². The zero-order valence-corrected chi connectivity index (χ0v) is 11.1. The summed E-state index contributed by atoms with van der Waals surface area (Å²) in [6, 6.07) is 3.34. The van der Waals surface area contributed by atoms with E-state index in [1.165, 1.54) is 6.20 Å². The van der Waals surface area contributed by atoms with Crippen molar-refractivity contribution in [3.05, 3.63) is 47.0 Å². The highest BCUT2D eigenvalue weighted by Gasteiger charge is 2.10. The minimum atomic E-state index is -0.319. The number of aryl methyl sites for hydroxylation is 3. The van der Waals surface area contributed by atoms with Crippen LogP contribution in [0.2, 0.25) is 0 Å². The van der Waals surface area contributed by atoms with E-state index in [-0.39, 0.29) is 17.4 Å². The maximum absolute atomic E-state index is 12.0. The fourth-order valence-corrected chi connectivity index (χ4v) is 1.63. The second-order valence-electron chi connectivity index (χ2n) is 4.45. The lowest BCUT2D eigenvalue weighted by molar-refractivity contribution is 0.102. The van der Waals surface area contributed by atoms with Crippen molar-refractivity contribution in [1.82, 2.24) is 9.97 Å². The molecule has 1 aromatic carbocycles. The molecule has 0 unspecified atom stereocenters. The average molecular weight is 257 g/mol. The maximum Gasteiger partial charge on any atom is 0.275 e. The number of benzene rings is 1. The fraction of sp³-hybridized carbons (Fsp3) is 0.214. The molecule has 0 aliphatic carbocycles. The van der Waals surface area contributed by atoms with Crippen LogP contribution in [0.5, 0.6) is 5.75 Å². The number of anilines is 1. The van der Waals surface area contributed by atoms with Crippen LogP contribution in [-0.2, 0) is 0 Å². The lowest BCUT2D eigenvalue weighted by Gasteiger charge is -2.10. The first-order valence-electron chi connectivity index (χ1n) is 5.87. The zero-order chi connectivity index (χ0) is 14.0. The van der Waals surface area contributed by atoms with Gasteiger partial charge in [0.1, 0.15) is 11.4 Å². The first-order valence-corrected chi connectivity index (χ1v) is 5.87. The SMILES string of the molecule is Cc1cnc(C(=O)Nc2cc(C)c(O)cc2C)cn1. The van der Waals surface area contributed by atoms with Crippen LogP contribution in [0.3, 0.4) is 0 Å². The molecule has 5 nitrogen and oxygen atoms in total. The van der Waals surface area contributed by atoms with Crippen molar-refractivity contribution in [3.8, 4) is 5.75 Å². The monoisotopic (exact) mass is 257 g/mol. The van der Waals surface area contributed by atoms with Crippen molar-refractivity contribution < 1.29 is 9.90 Å². The van der Waals surface area contributed by atoms with E-state index in [9.17, 15) is 9.90 Å². The normalized spacial score (nSPS) is 10.3. The summed E-state index contributed by atoms with van der Waals surface area (Å²) >= 11 is 0. The number of amides is 1. The molecule has 0 radical (unpaired) electrons. The van der Waals surface area contributed by atoms with Crippen LogP contribution in [0.25, 0.3) is 0 Å². The first-order chi connectivity index (χ1) is 8.97. The number of rotatable bonds is 2. The lowest BCUT2D eigenvalue weighted by atomic mass is 10.1. The molecular formula is C14H15N3O2. The molecule has 0 saturated heterocycles. The third-order valence-electron chi connectivity index (χ3n) is 2.80. The number of aromatic nitrogens is 2. The molecule has 0 spiro atoms. The highest BCUT2D eigenvalue weighted by molar-refractivity contribution is 6.03. The number of phenolic OH excluding ortho intramolecular Hbond substituents is 1. The van der Waals surface area contributed by atoms with Gasteiger partial charge in [-0.2, -0.15) is 0 Å². The first kappa shape index (κ1) is 13.0. The van der Waals surface area contributed by atoms with Crippen LogP contribution in [0, 0.1) is 20.8 Å². The summed E-state index contributed by atoms with van der Waals surface area (Å²) in [5.74, 6) is -0.105. The molecule has 0 bridgehead atoms. The summed E-state index contributed by atoms with van der Waals surface area (Å²) in [6.45, 7) is 5.40. The van der Waals surface area contributed by atoms with Crippen molar-refractivity contribution in [3.63, 3.8) is 0 Å². The minimum Gasteiger partial charge on any atom is -0.508 e. The number of hydrogen-bond acceptors (Lipinski definition) is 4. The van der Waals surface area contributed by atoms with Crippen LogP contribution in [0.1, 0.15) is 27.3 Å². The lowest BCUT2D eigenvalue weighted by Crippen LogP contribution is -2.15. The molecule has 0 aliphatic heterocycles. The molecule has 1 heterocycles. The Morgan fingerprint density at radius 2 is 1.84 bits per heavy atom. The van der Waals surface area contributed by atoms with Crippen molar-refractivity contribution in [2.45, 2.75) is 20.8 Å². The van der Waals surface area contributed by atoms with Gasteiger partial charge in [0.15, 0.2) is 0 Å². The van der Waals surface area contributed by atoms with Gasteiger partial charge in [-0.25, -0.2) is 4.98 Å². The Kier molecular flexibility index (Phi) is 3.46. The Hall–Kier alpha value is -2.43. The standard InChI is InChI=1S/C14H15N3O2/c1-8-5-13(18)9(2)4-11(8)17-14(19)12-7-15-10(3)6-16-12/h4-7,18H,1-3H3,(H,17,19). The van der Waals surface area contributed by atoms with Gasteiger partial charge in [0.05, 0.1) is 11.9 Å². The third kappa shape index (κ3) is 2.88. The van der Waals surface area contributed by atoms with Gasteiger partial charge in [0, 0.05) is 11.9 Å². The Morgan fingerprint density at radius 1 is 1.11 bits per heavy atom. The van der Waals surface area contributed by atoms with Gasteiger partial charge in [0.25, 0.3) is 5.91 Å². The summed E-state index contributed by atoms with van der Waals surface area (Å²) in [4.78, 5) is 20.1. The highest BCUT2D eigenvalue weighted by atomic mass is 16.3. The Morgan fingerprint density at radius 3 is 2.47 bits per heavy atom. The topological polar surface area (TPSA) is 75.1 Å². The Labute approximate surface area is 111 Å². The number of carbonyl (C=O) groups is 1.